The van der Waals surface area contributed by atoms with E-state index in [9.17, 15) is 4.21 Å². The summed E-state index contributed by atoms with van der Waals surface area (Å²) < 4.78 is 18.3. The van der Waals surface area contributed by atoms with E-state index in [1.807, 2.05) is 6.07 Å². The van der Waals surface area contributed by atoms with Gasteiger partial charge in [-0.25, -0.2) is 4.21 Å². The van der Waals surface area contributed by atoms with E-state index in [-0.39, 0.29) is 0 Å². The largest absolute Gasteiger partial charge is 0.305 e. The maximum absolute atomic E-state index is 10.5. The van der Waals surface area contributed by atoms with E-state index in [4.69, 9.17) is 16.2 Å². The molecule has 0 aliphatic carbocycles. The lowest BCUT2D eigenvalue weighted by atomic mass is 10.2. The predicted molar refractivity (Wildman–Crippen MR) is 45.8 cm³/mol. The maximum atomic E-state index is 10.5. The highest BCUT2D eigenvalue weighted by Crippen LogP contribution is 2.22. The van der Waals surface area contributed by atoms with Crippen LogP contribution in [0.2, 0.25) is 0 Å². The first kappa shape index (κ1) is 8.71. The van der Waals surface area contributed by atoms with Crippen molar-refractivity contribution < 1.29 is 8.76 Å². The average molecular weight is 191 g/mol. The van der Waals surface area contributed by atoms with Crippen molar-refractivity contribution in [2.45, 2.75) is 4.71 Å². The standard InChI is InChI=1S/C7H7ClO2S/c8-7(11(9)10)6-4-2-1-3-5-6/h1-5,7H,(H,9,10). The lowest BCUT2D eigenvalue weighted by Gasteiger charge is -2.02. The minimum absolute atomic E-state index is 0.662. The Bertz CT molecular complexity index is 250. The summed E-state index contributed by atoms with van der Waals surface area (Å²) in [5, 5.41) is 0. The molecule has 2 unspecified atom stereocenters. The number of benzene rings is 1. The van der Waals surface area contributed by atoms with Gasteiger partial charge >= 0.3 is 0 Å². The van der Waals surface area contributed by atoms with E-state index in [0.29, 0.717) is 5.56 Å². The SMILES string of the molecule is O=S(O)C(Cl)c1ccccc1. The minimum atomic E-state index is -2.00. The van der Waals surface area contributed by atoms with Crippen LogP contribution in [-0.4, -0.2) is 8.76 Å². The van der Waals surface area contributed by atoms with Crippen molar-refractivity contribution >= 4 is 22.7 Å². The van der Waals surface area contributed by atoms with E-state index in [2.05, 4.69) is 0 Å². The summed E-state index contributed by atoms with van der Waals surface area (Å²) in [5.41, 5.74) is 0.662. The zero-order chi connectivity index (χ0) is 8.27. The van der Waals surface area contributed by atoms with Crippen molar-refractivity contribution in [1.82, 2.24) is 0 Å². The molecular weight excluding hydrogens is 184 g/mol. The third-order valence-corrected chi connectivity index (χ3v) is 2.57. The molecule has 0 amide bonds. The van der Waals surface area contributed by atoms with Crippen LogP contribution >= 0.6 is 11.6 Å². The van der Waals surface area contributed by atoms with Crippen molar-refractivity contribution in [3.8, 4) is 0 Å². The molecule has 0 radical (unpaired) electrons. The van der Waals surface area contributed by atoms with E-state index >= 15 is 0 Å². The number of hydrogen-bond donors (Lipinski definition) is 1. The zero-order valence-corrected chi connectivity index (χ0v) is 7.18. The molecule has 11 heavy (non-hydrogen) atoms. The molecular formula is C7H7ClO2S. The van der Waals surface area contributed by atoms with Gasteiger partial charge in [-0.2, -0.15) is 0 Å². The van der Waals surface area contributed by atoms with Crippen LogP contribution < -0.4 is 0 Å². The van der Waals surface area contributed by atoms with Gasteiger partial charge in [-0.3, -0.25) is 0 Å². The summed E-state index contributed by atoms with van der Waals surface area (Å²) >= 11 is 3.60. The fourth-order valence-corrected chi connectivity index (χ4v) is 1.26. The first-order chi connectivity index (χ1) is 5.22. The van der Waals surface area contributed by atoms with Crippen molar-refractivity contribution in [2.24, 2.45) is 0 Å². The normalized spacial score (nSPS) is 15.8. The zero-order valence-electron chi connectivity index (χ0n) is 5.61. The summed E-state index contributed by atoms with van der Waals surface area (Å²) in [7, 11) is 0. The van der Waals surface area contributed by atoms with Crippen molar-refractivity contribution in [3.05, 3.63) is 35.9 Å². The molecule has 0 saturated carbocycles. The minimum Gasteiger partial charge on any atom is -0.305 e. The Labute approximate surface area is 72.5 Å². The third-order valence-electron chi connectivity index (χ3n) is 1.24. The van der Waals surface area contributed by atoms with Gasteiger partial charge in [-0.1, -0.05) is 30.3 Å². The smallest absolute Gasteiger partial charge is 0.176 e. The van der Waals surface area contributed by atoms with Gasteiger partial charge in [0.1, 0.15) is 0 Å². The Balaban J connectivity index is 2.85. The Morgan fingerprint density at radius 3 is 2.36 bits per heavy atom. The van der Waals surface area contributed by atoms with Crippen LogP contribution in [0.4, 0.5) is 0 Å². The topological polar surface area (TPSA) is 37.3 Å². The Kier molecular flexibility index (Phi) is 3.05. The summed E-state index contributed by atoms with van der Waals surface area (Å²) in [4.78, 5) is 0. The average Bonchev–Trinajstić information content (AvgIpc) is 2.05. The maximum Gasteiger partial charge on any atom is 0.176 e. The Morgan fingerprint density at radius 1 is 1.36 bits per heavy atom. The monoisotopic (exact) mass is 190 g/mol. The molecule has 0 spiro atoms. The molecule has 60 valence electrons. The molecule has 1 rings (SSSR count). The van der Waals surface area contributed by atoms with Crippen LogP contribution in [0.3, 0.4) is 0 Å². The van der Waals surface area contributed by atoms with Gasteiger partial charge in [-0.15, -0.1) is 11.6 Å². The molecule has 0 saturated heterocycles. The van der Waals surface area contributed by atoms with Crippen LogP contribution in [0.5, 0.6) is 0 Å². The van der Waals surface area contributed by atoms with E-state index in [0.717, 1.165) is 0 Å². The third kappa shape index (κ3) is 2.29. The molecule has 1 aromatic rings. The first-order valence-electron chi connectivity index (χ1n) is 3.00. The molecule has 1 N–H and O–H groups in total. The quantitative estimate of drug-likeness (QED) is 0.573. The van der Waals surface area contributed by atoms with Gasteiger partial charge in [0.15, 0.2) is 15.8 Å². The Hall–Kier alpha value is -0.380. The Morgan fingerprint density at radius 2 is 1.91 bits per heavy atom. The van der Waals surface area contributed by atoms with E-state index < -0.39 is 15.8 Å². The predicted octanol–water partition coefficient (Wildman–Crippen LogP) is 2.15. The second-order valence-corrected chi connectivity index (χ2v) is 3.72. The fraction of sp³-hybridized carbons (Fsp3) is 0.143. The number of rotatable bonds is 2. The highest BCUT2D eigenvalue weighted by Gasteiger charge is 2.12. The molecule has 0 aromatic heterocycles. The van der Waals surface area contributed by atoms with Gasteiger partial charge in [0.25, 0.3) is 0 Å². The molecule has 2 atom stereocenters. The number of hydrogen-bond acceptors (Lipinski definition) is 1. The lowest BCUT2D eigenvalue weighted by molar-refractivity contribution is 0.562. The van der Waals surface area contributed by atoms with Crippen LogP contribution in [0.15, 0.2) is 30.3 Å². The van der Waals surface area contributed by atoms with Crippen LogP contribution in [0.25, 0.3) is 0 Å². The van der Waals surface area contributed by atoms with Gasteiger partial charge < -0.3 is 4.55 Å². The highest BCUT2D eigenvalue weighted by molar-refractivity contribution is 7.80. The van der Waals surface area contributed by atoms with Crippen LogP contribution in [0, 0.1) is 0 Å². The van der Waals surface area contributed by atoms with Crippen molar-refractivity contribution in [3.63, 3.8) is 0 Å². The summed E-state index contributed by atoms with van der Waals surface area (Å²) in [5.74, 6) is 0. The van der Waals surface area contributed by atoms with Crippen LogP contribution in [0.1, 0.15) is 10.3 Å². The van der Waals surface area contributed by atoms with Gasteiger partial charge in [0.05, 0.1) is 0 Å². The number of halogens is 1. The molecule has 0 bridgehead atoms. The first-order valence-corrected chi connectivity index (χ1v) is 4.61. The number of alkyl halides is 1. The van der Waals surface area contributed by atoms with Crippen molar-refractivity contribution in [2.75, 3.05) is 0 Å². The summed E-state index contributed by atoms with van der Waals surface area (Å²) in [6.07, 6.45) is 0. The molecule has 1 aromatic carbocycles. The second kappa shape index (κ2) is 3.85. The molecule has 0 heterocycles. The molecule has 2 nitrogen and oxygen atoms in total. The summed E-state index contributed by atoms with van der Waals surface area (Å²) in [6, 6.07) is 8.81. The molecule has 4 heteroatoms. The van der Waals surface area contributed by atoms with E-state index in [1.165, 1.54) is 0 Å². The highest BCUT2D eigenvalue weighted by atomic mass is 35.5. The molecule has 0 aliphatic rings. The van der Waals surface area contributed by atoms with Gasteiger partial charge in [0.2, 0.25) is 0 Å². The van der Waals surface area contributed by atoms with Crippen LogP contribution in [-0.2, 0) is 11.1 Å². The fourth-order valence-electron chi connectivity index (χ4n) is 0.721. The second-order valence-electron chi connectivity index (χ2n) is 2.00. The van der Waals surface area contributed by atoms with Crippen molar-refractivity contribution in [1.29, 1.82) is 0 Å². The lowest BCUT2D eigenvalue weighted by Crippen LogP contribution is -1.96. The van der Waals surface area contributed by atoms with Gasteiger partial charge in [0, 0.05) is 0 Å². The molecule has 0 aliphatic heterocycles. The molecule has 0 fully saturated rings. The summed E-state index contributed by atoms with van der Waals surface area (Å²) in [6.45, 7) is 0. The van der Waals surface area contributed by atoms with E-state index in [1.54, 1.807) is 24.3 Å². The van der Waals surface area contributed by atoms with Gasteiger partial charge in [-0.05, 0) is 5.56 Å².